The van der Waals surface area contributed by atoms with Gasteiger partial charge in [0.05, 0.1) is 5.60 Å². The summed E-state index contributed by atoms with van der Waals surface area (Å²) in [6.07, 6.45) is 5.15. The summed E-state index contributed by atoms with van der Waals surface area (Å²) in [7, 11) is 0. The van der Waals surface area contributed by atoms with Gasteiger partial charge in [0.2, 0.25) is 0 Å². The van der Waals surface area contributed by atoms with Crippen molar-refractivity contribution in [1.82, 2.24) is 5.32 Å². The van der Waals surface area contributed by atoms with Crippen LogP contribution in [-0.4, -0.2) is 17.3 Å². The number of piperidine rings is 1. The van der Waals surface area contributed by atoms with Gasteiger partial charge in [0.15, 0.2) is 0 Å². The SMILES string of the molecule is Cl.O[C@]12CCCC[C@H]1[C@H](c1ccc(Cl)cc1Cl)NCC2. The van der Waals surface area contributed by atoms with E-state index in [1.165, 1.54) is 6.42 Å². The highest BCUT2D eigenvalue weighted by molar-refractivity contribution is 6.35. The van der Waals surface area contributed by atoms with Crippen molar-refractivity contribution in [2.75, 3.05) is 6.54 Å². The number of fused-ring (bicyclic) bond motifs is 1. The quantitative estimate of drug-likeness (QED) is 0.798. The molecule has 0 bridgehead atoms. The first-order chi connectivity index (χ1) is 9.10. The van der Waals surface area contributed by atoms with E-state index in [0.29, 0.717) is 10.0 Å². The molecular formula is C15H20Cl3NO. The highest BCUT2D eigenvalue weighted by atomic mass is 35.5. The van der Waals surface area contributed by atoms with Crippen molar-refractivity contribution in [3.8, 4) is 0 Å². The van der Waals surface area contributed by atoms with Crippen molar-refractivity contribution in [2.45, 2.75) is 43.7 Å². The van der Waals surface area contributed by atoms with Gasteiger partial charge in [-0.25, -0.2) is 0 Å². The van der Waals surface area contributed by atoms with Crippen molar-refractivity contribution in [3.05, 3.63) is 33.8 Å². The molecular weight excluding hydrogens is 317 g/mol. The first-order valence-electron chi connectivity index (χ1n) is 7.01. The second-order valence-corrected chi connectivity index (χ2v) is 6.65. The molecule has 2 aliphatic rings. The number of aliphatic hydroxyl groups is 1. The van der Waals surface area contributed by atoms with Crippen molar-refractivity contribution in [2.24, 2.45) is 5.92 Å². The van der Waals surface area contributed by atoms with Gasteiger partial charge in [0.25, 0.3) is 0 Å². The largest absolute Gasteiger partial charge is 0.389 e. The second kappa shape index (κ2) is 6.41. The monoisotopic (exact) mass is 335 g/mol. The maximum Gasteiger partial charge on any atom is 0.0706 e. The van der Waals surface area contributed by atoms with Crippen molar-refractivity contribution < 1.29 is 5.11 Å². The Kier molecular flexibility index (Phi) is 5.25. The Hall–Kier alpha value is 0.01000. The molecule has 0 radical (unpaired) electrons. The van der Waals surface area contributed by atoms with Gasteiger partial charge in [-0.15, -0.1) is 12.4 Å². The zero-order valence-electron chi connectivity index (χ0n) is 11.2. The third-order valence-electron chi connectivity index (χ3n) is 4.69. The standard InChI is InChI=1S/C15H19Cl2NO.ClH/c16-10-4-5-11(13(17)9-10)14-12-3-1-2-6-15(12,19)7-8-18-14;/h4-5,9,12,14,18-19H,1-3,6-8H2;1H/t12-,14-,15-;/m0./s1. The lowest BCUT2D eigenvalue weighted by atomic mass is 9.67. The van der Waals surface area contributed by atoms with Crippen LogP contribution >= 0.6 is 35.6 Å². The predicted molar refractivity (Wildman–Crippen MR) is 86.0 cm³/mol. The van der Waals surface area contributed by atoms with Crippen LogP contribution in [0.1, 0.15) is 43.7 Å². The Morgan fingerprint density at radius 1 is 1.20 bits per heavy atom. The van der Waals surface area contributed by atoms with Crippen molar-refractivity contribution >= 4 is 35.6 Å². The second-order valence-electron chi connectivity index (χ2n) is 5.80. The highest BCUT2D eigenvalue weighted by Gasteiger charge is 2.46. The fraction of sp³-hybridized carbons (Fsp3) is 0.600. The molecule has 1 aliphatic heterocycles. The molecule has 0 unspecified atom stereocenters. The molecule has 112 valence electrons. The molecule has 0 aromatic heterocycles. The van der Waals surface area contributed by atoms with Crippen molar-refractivity contribution in [1.29, 1.82) is 0 Å². The molecule has 1 aromatic carbocycles. The summed E-state index contributed by atoms with van der Waals surface area (Å²) in [5, 5.41) is 15.7. The first-order valence-corrected chi connectivity index (χ1v) is 7.76. The number of benzene rings is 1. The van der Waals surface area contributed by atoms with Crippen LogP contribution < -0.4 is 5.32 Å². The number of rotatable bonds is 1. The van der Waals surface area contributed by atoms with E-state index in [2.05, 4.69) is 5.32 Å². The Bertz CT molecular complexity index is 478. The maximum absolute atomic E-state index is 10.9. The molecule has 20 heavy (non-hydrogen) atoms. The van der Waals surface area contributed by atoms with Crippen LogP contribution in [0.2, 0.25) is 10.0 Å². The molecule has 0 amide bonds. The lowest BCUT2D eigenvalue weighted by Crippen LogP contribution is -2.53. The van der Waals surface area contributed by atoms with Crippen molar-refractivity contribution in [3.63, 3.8) is 0 Å². The normalized spacial score (nSPS) is 33.1. The topological polar surface area (TPSA) is 32.3 Å². The van der Waals surface area contributed by atoms with E-state index in [0.717, 1.165) is 37.8 Å². The number of nitrogens with one attached hydrogen (secondary N) is 1. The van der Waals surface area contributed by atoms with Gasteiger partial charge < -0.3 is 10.4 Å². The van der Waals surface area contributed by atoms with Gasteiger partial charge in [-0.05, 0) is 43.5 Å². The van der Waals surface area contributed by atoms with E-state index in [1.54, 1.807) is 6.07 Å². The molecule has 1 heterocycles. The van der Waals surface area contributed by atoms with Gasteiger partial charge >= 0.3 is 0 Å². The molecule has 0 spiro atoms. The summed E-state index contributed by atoms with van der Waals surface area (Å²) in [6.45, 7) is 0.844. The Balaban J connectivity index is 0.00000147. The summed E-state index contributed by atoms with van der Waals surface area (Å²) in [5.41, 5.74) is 0.549. The molecule has 1 saturated heterocycles. The third kappa shape index (κ3) is 2.95. The lowest BCUT2D eigenvalue weighted by molar-refractivity contribution is -0.0861. The fourth-order valence-electron chi connectivity index (χ4n) is 3.70. The Morgan fingerprint density at radius 3 is 2.75 bits per heavy atom. The smallest absolute Gasteiger partial charge is 0.0706 e. The van der Waals surface area contributed by atoms with Crippen LogP contribution in [0.3, 0.4) is 0 Å². The highest BCUT2D eigenvalue weighted by Crippen LogP contribution is 2.46. The molecule has 3 atom stereocenters. The summed E-state index contributed by atoms with van der Waals surface area (Å²) in [6, 6.07) is 5.80. The van der Waals surface area contributed by atoms with E-state index in [1.807, 2.05) is 12.1 Å². The first kappa shape index (κ1) is 16.4. The average Bonchev–Trinajstić information content (AvgIpc) is 2.37. The van der Waals surface area contributed by atoms with Crippen LogP contribution in [0.25, 0.3) is 0 Å². The Morgan fingerprint density at radius 2 is 2.00 bits per heavy atom. The lowest BCUT2D eigenvalue weighted by Gasteiger charge is -2.48. The molecule has 1 saturated carbocycles. The zero-order chi connectivity index (χ0) is 13.5. The van der Waals surface area contributed by atoms with Gasteiger partial charge in [-0.1, -0.05) is 42.1 Å². The minimum absolute atomic E-state index is 0. The third-order valence-corrected chi connectivity index (χ3v) is 5.25. The summed E-state index contributed by atoms with van der Waals surface area (Å²) in [4.78, 5) is 0. The molecule has 2 nitrogen and oxygen atoms in total. The molecule has 1 aromatic rings. The summed E-state index contributed by atoms with van der Waals surface area (Å²) in [5.74, 6) is 0.258. The van der Waals surface area contributed by atoms with E-state index in [9.17, 15) is 5.11 Å². The van der Waals surface area contributed by atoms with Crippen LogP contribution in [-0.2, 0) is 0 Å². The minimum Gasteiger partial charge on any atom is -0.389 e. The molecule has 5 heteroatoms. The van der Waals surface area contributed by atoms with E-state index < -0.39 is 5.60 Å². The molecule has 3 rings (SSSR count). The minimum atomic E-state index is -0.517. The Labute approximate surface area is 136 Å². The molecule has 1 aliphatic carbocycles. The summed E-state index contributed by atoms with van der Waals surface area (Å²) >= 11 is 12.3. The summed E-state index contributed by atoms with van der Waals surface area (Å²) < 4.78 is 0. The predicted octanol–water partition coefficient (Wildman–Crippen LogP) is 4.37. The van der Waals surface area contributed by atoms with E-state index >= 15 is 0 Å². The maximum atomic E-state index is 10.9. The van der Waals surface area contributed by atoms with E-state index in [4.69, 9.17) is 23.2 Å². The van der Waals surface area contributed by atoms with Crippen LogP contribution in [0, 0.1) is 5.92 Å². The zero-order valence-corrected chi connectivity index (χ0v) is 13.6. The van der Waals surface area contributed by atoms with Gasteiger partial charge in [0.1, 0.15) is 0 Å². The van der Waals surface area contributed by atoms with Gasteiger partial charge in [-0.3, -0.25) is 0 Å². The number of hydrogen-bond donors (Lipinski definition) is 2. The van der Waals surface area contributed by atoms with Gasteiger partial charge in [-0.2, -0.15) is 0 Å². The number of hydrogen-bond acceptors (Lipinski definition) is 2. The van der Waals surface area contributed by atoms with Gasteiger partial charge in [0, 0.05) is 22.0 Å². The fourth-order valence-corrected chi connectivity index (χ4v) is 4.23. The van der Waals surface area contributed by atoms with Crippen LogP contribution in [0.4, 0.5) is 0 Å². The molecule has 2 fully saturated rings. The average molecular weight is 337 g/mol. The number of halogens is 3. The molecule has 2 N–H and O–H groups in total. The van der Waals surface area contributed by atoms with Crippen LogP contribution in [0.15, 0.2) is 18.2 Å². The van der Waals surface area contributed by atoms with E-state index in [-0.39, 0.29) is 24.4 Å². The van der Waals surface area contributed by atoms with Crippen LogP contribution in [0.5, 0.6) is 0 Å².